The summed E-state index contributed by atoms with van der Waals surface area (Å²) in [5.74, 6) is 1.24. The molecular weight excluding hydrogens is 336 g/mol. The number of aromatic amines is 1. The van der Waals surface area contributed by atoms with Gasteiger partial charge in [-0.05, 0) is 50.2 Å². The van der Waals surface area contributed by atoms with Gasteiger partial charge in [-0.3, -0.25) is 4.90 Å². The molecule has 2 aliphatic rings. The van der Waals surface area contributed by atoms with Crippen LogP contribution < -0.4 is 5.32 Å². The van der Waals surface area contributed by atoms with Gasteiger partial charge in [-0.2, -0.15) is 0 Å². The molecule has 5 nitrogen and oxygen atoms in total. The number of ether oxygens (including phenoxy) is 1. The van der Waals surface area contributed by atoms with Crippen LogP contribution in [0.1, 0.15) is 44.1 Å². The van der Waals surface area contributed by atoms with Gasteiger partial charge in [-0.15, -0.1) is 6.58 Å². The third-order valence-corrected chi connectivity index (χ3v) is 6.32. The molecular formula is C22H32N4O. The van der Waals surface area contributed by atoms with E-state index in [1.54, 1.807) is 7.11 Å². The maximum atomic E-state index is 5.51. The van der Waals surface area contributed by atoms with Crippen LogP contribution in [-0.2, 0) is 4.74 Å². The number of aromatic nitrogens is 2. The Morgan fingerprint density at radius 2 is 2.15 bits per heavy atom. The molecule has 3 heterocycles. The van der Waals surface area contributed by atoms with E-state index >= 15 is 0 Å². The Labute approximate surface area is 162 Å². The fraction of sp³-hybridized carbons (Fsp3) is 0.591. The van der Waals surface area contributed by atoms with Gasteiger partial charge in [0.15, 0.2) is 0 Å². The van der Waals surface area contributed by atoms with E-state index in [4.69, 9.17) is 4.74 Å². The van der Waals surface area contributed by atoms with Crippen LogP contribution in [0, 0.1) is 5.92 Å². The average Bonchev–Trinajstić information content (AvgIpc) is 3.46. The molecule has 1 aliphatic carbocycles. The Bertz CT molecular complexity index is 774. The van der Waals surface area contributed by atoms with E-state index in [1.807, 2.05) is 12.3 Å². The van der Waals surface area contributed by atoms with Crippen LogP contribution in [-0.4, -0.2) is 53.8 Å². The summed E-state index contributed by atoms with van der Waals surface area (Å²) < 4.78 is 5.51. The van der Waals surface area contributed by atoms with Crippen molar-refractivity contribution in [2.24, 2.45) is 5.92 Å². The summed E-state index contributed by atoms with van der Waals surface area (Å²) in [6, 6.07) is 3.25. The second-order valence-electron chi connectivity index (χ2n) is 8.19. The first-order valence-corrected chi connectivity index (χ1v) is 10.3. The van der Waals surface area contributed by atoms with Crippen LogP contribution >= 0.6 is 0 Å². The number of rotatable bonds is 8. The monoisotopic (exact) mass is 368 g/mol. The minimum absolute atomic E-state index is 0.464. The molecule has 2 N–H and O–H groups in total. The fourth-order valence-corrected chi connectivity index (χ4v) is 4.40. The molecule has 0 aromatic carbocycles. The van der Waals surface area contributed by atoms with Gasteiger partial charge < -0.3 is 15.0 Å². The van der Waals surface area contributed by atoms with Gasteiger partial charge in [0, 0.05) is 49.8 Å². The Morgan fingerprint density at radius 1 is 1.37 bits per heavy atom. The van der Waals surface area contributed by atoms with E-state index in [9.17, 15) is 0 Å². The molecule has 2 atom stereocenters. The van der Waals surface area contributed by atoms with Gasteiger partial charge in [0.05, 0.1) is 18.5 Å². The summed E-state index contributed by atoms with van der Waals surface area (Å²) >= 11 is 0. The number of methoxy groups -OCH3 is 1. The predicted molar refractivity (Wildman–Crippen MR) is 111 cm³/mol. The van der Waals surface area contributed by atoms with E-state index in [0.29, 0.717) is 18.0 Å². The topological polar surface area (TPSA) is 53.2 Å². The van der Waals surface area contributed by atoms with Gasteiger partial charge >= 0.3 is 0 Å². The first-order valence-electron chi connectivity index (χ1n) is 10.3. The fourth-order valence-electron chi connectivity index (χ4n) is 4.40. The number of fused-ring (bicyclic) bond motifs is 1. The van der Waals surface area contributed by atoms with Gasteiger partial charge in [0.2, 0.25) is 0 Å². The molecule has 2 aromatic rings. The van der Waals surface area contributed by atoms with Crippen molar-refractivity contribution < 1.29 is 4.74 Å². The van der Waals surface area contributed by atoms with Crippen LogP contribution in [0.3, 0.4) is 0 Å². The largest absolute Gasteiger partial charge is 0.384 e. The quantitative estimate of drug-likeness (QED) is 0.687. The molecule has 2 aromatic heterocycles. The standard InChI is InChI=1S/C22H32N4O/c1-4-15(2)26-9-7-17(8-10-26)25-18-11-19-20(13-24-22(19)23-12-18)21(14-27-3)16-5-6-16/h4,11-13,15-17,21,25H,1,5-10,14H2,2-3H3,(H,23,24). The number of nitrogens with one attached hydrogen (secondary N) is 2. The normalized spacial score (nSPS) is 21.3. The molecule has 1 saturated carbocycles. The Kier molecular flexibility index (Phi) is 5.50. The van der Waals surface area contributed by atoms with E-state index < -0.39 is 0 Å². The van der Waals surface area contributed by atoms with Crippen molar-refractivity contribution in [2.75, 3.05) is 32.1 Å². The molecule has 0 spiro atoms. The van der Waals surface area contributed by atoms with Crippen molar-refractivity contribution in [1.82, 2.24) is 14.9 Å². The number of likely N-dealkylation sites (tertiary alicyclic amines) is 1. The summed E-state index contributed by atoms with van der Waals surface area (Å²) in [5.41, 5.74) is 3.47. The van der Waals surface area contributed by atoms with Gasteiger partial charge in [-0.25, -0.2) is 4.98 Å². The zero-order valence-corrected chi connectivity index (χ0v) is 16.6. The Balaban J connectivity index is 1.47. The number of H-pyrrole nitrogens is 1. The Hall–Kier alpha value is -1.85. The highest BCUT2D eigenvalue weighted by Crippen LogP contribution is 2.44. The van der Waals surface area contributed by atoms with Crippen molar-refractivity contribution in [2.45, 2.75) is 50.6 Å². The van der Waals surface area contributed by atoms with Crippen molar-refractivity contribution in [1.29, 1.82) is 0 Å². The minimum Gasteiger partial charge on any atom is -0.384 e. The second-order valence-corrected chi connectivity index (χ2v) is 8.19. The average molecular weight is 369 g/mol. The first-order chi connectivity index (χ1) is 13.2. The maximum absolute atomic E-state index is 5.51. The Morgan fingerprint density at radius 3 is 2.81 bits per heavy atom. The van der Waals surface area contributed by atoms with Crippen LogP contribution in [0.4, 0.5) is 5.69 Å². The molecule has 2 fully saturated rings. The number of pyridine rings is 1. The molecule has 0 bridgehead atoms. The summed E-state index contributed by atoms with van der Waals surface area (Å²) in [6.45, 7) is 9.17. The second kappa shape index (κ2) is 8.03. The lowest BCUT2D eigenvalue weighted by Gasteiger charge is -2.35. The van der Waals surface area contributed by atoms with Crippen LogP contribution in [0.25, 0.3) is 11.0 Å². The zero-order chi connectivity index (χ0) is 18.8. The summed E-state index contributed by atoms with van der Waals surface area (Å²) in [7, 11) is 1.80. The predicted octanol–water partition coefficient (Wildman–Crippen LogP) is 4.15. The molecule has 1 aliphatic heterocycles. The van der Waals surface area contributed by atoms with Crippen molar-refractivity contribution in [3.05, 3.63) is 36.7 Å². The van der Waals surface area contributed by atoms with Crippen LogP contribution in [0.2, 0.25) is 0 Å². The molecule has 0 amide bonds. The van der Waals surface area contributed by atoms with Crippen LogP contribution in [0.15, 0.2) is 31.1 Å². The van der Waals surface area contributed by atoms with E-state index in [0.717, 1.165) is 49.8 Å². The van der Waals surface area contributed by atoms with Gasteiger partial charge in [-0.1, -0.05) is 6.08 Å². The SMILES string of the molecule is C=CC(C)N1CCC(Nc2cnc3[nH]cc(C(COC)C4CC4)c3c2)CC1. The minimum atomic E-state index is 0.464. The number of nitrogens with zero attached hydrogens (tertiary/aromatic N) is 2. The van der Waals surface area contributed by atoms with Crippen molar-refractivity contribution >= 4 is 16.7 Å². The third-order valence-electron chi connectivity index (χ3n) is 6.32. The zero-order valence-electron chi connectivity index (χ0n) is 16.6. The highest BCUT2D eigenvalue weighted by molar-refractivity contribution is 5.83. The van der Waals surface area contributed by atoms with Crippen LogP contribution in [0.5, 0.6) is 0 Å². The van der Waals surface area contributed by atoms with E-state index in [1.165, 1.54) is 23.8 Å². The molecule has 146 valence electrons. The summed E-state index contributed by atoms with van der Waals surface area (Å²) in [5, 5.41) is 4.97. The maximum Gasteiger partial charge on any atom is 0.137 e. The molecule has 4 rings (SSSR count). The lowest BCUT2D eigenvalue weighted by Crippen LogP contribution is -2.42. The number of hydrogen-bond donors (Lipinski definition) is 2. The van der Waals surface area contributed by atoms with E-state index in [2.05, 4.69) is 46.0 Å². The molecule has 2 unspecified atom stereocenters. The molecule has 27 heavy (non-hydrogen) atoms. The number of piperidine rings is 1. The lowest BCUT2D eigenvalue weighted by atomic mass is 9.95. The molecule has 5 heteroatoms. The highest BCUT2D eigenvalue weighted by atomic mass is 16.5. The third kappa shape index (κ3) is 4.04. The lowest BCUT2D eigenvalue weighted by molar-refractivity contribution is 0.172. The van der Waals surface area contributed by atoms with Gasteiger partial charge in [0.25, 0.3) is 0 Å². The first kappa shape index (κ1) is 18.5. The summed E-state index contributed by atoms with van der Waals surface area (Å²) in [4.78, 5) is 10.5. The molecule has 1 saturated heterocycles. The van der Waals surface area contributed by atoms with Crippen molar-refractivity contribution in [3.8, 4) is 0 Å². The van der Waals surface area contributed by atoms with Crippen molar-refractivity contribution in [3.63, 3.8) is 0 Å². The van der Waals surface area contributed by atoms with E-state index in [-0.39, 0.29) is 0 Å². The smallest absolute Gasteiger partial charge is 0.137 e. The molecule has 0 radical (unpaired) electrons. The highest BCUT2D eigenvalue weighted by Gasteiger charge is 2.33. The number of anilines is 1. The van der Waals surface area contributed by atoms with Gasteiger partial charge in [0.1, 0.15) is 5.65 Å². The summed E-state index contributed by atoms with van der Waals surface area (Å²) in [6.07, 6.45) is 11.1. The number of hydrogen-bond acceptors (Lipinski definition) is 4.